The smallest absolute Gasteiger partial charge is 0.356 e. The molecule has 0 spiro atoms. The van der Waals surface area contributed by atoms with E-state index < -0.39 is 36.2 Å². The van der Waals surface area contributed by atoms with Crippen LogP contribution in [0.15, 0.2) is 82.5 Å². The molecule has 5 rings (SSSR count). The fourth-order valence-electron chi connectivity index (χ4n) is 4.42. The Bertz CT molecular complexity index is 1440. The van der Waals surface area contributed by atoms with E-state index in [9.17, 15) is 14.4 Å². The van der Waals surface area contributed by atoms with Gasteiger partial charge in [0.05, 0.1) is 6.61 Å². The molecule has 2 aliphatic rings. The third-order valence-corrected chi connectivity index (χ3v) is 7.28. The van der Waals surface area contributed by atoms with Crippen molar-refractivity contribution in [2.45, 2.75) is 18.4 Å². The molecule has 0 saturated carbocycles. The van der Waals surface area contributed by atoms with Crippen LogP contribution in [-0.4, -0.2) is 65.2 Å². The molecule has 2 amide bonds. The normalized spacial score (nSPS) is 18.7. The molecule has 11 nitrogen and oxygen atoms in total. The lowest BCUT2D eigenvalue weighted by molar-refractivity contribution is -0.185. The fourth-order valence-corrected chi connectivity index (χ4v) is 5.17. The van der Waals surface area contributed by atoms with Gasteiger partial charge >= 0.3 is 5.97 Å². The predicted octanol–water partition coefficient (Wildman–Crippen LogP) is 2.58. The van der Waals surface area contributed by atoms with Crippen LogP contribution in [0.4, 0.5) is 5.13 Å². The molecule has 1 aromatic heterocycles. The van der Waals surface area contributed by atoms with Gasteiger partial charge in [-0.3, -0.25) is 14.5 Å². The molecule has 2 atom stereocenters. The Balaban J connectivity index is 1.37. The van der Waals surface area contributed by atoms with Crippen molar-refractivity contribution < 1.29 is 28.7 Å². The number of aromatic nitrogens is 1. The van der Waals surface area contributed by atoms with Crippen molar-refractivity contribution in [2.75, 3.05) is 25.3 Å². The van der Waals surface area contributed by atoms with Gasteiger partial charge in [0.15, 0.2) is 29.2 Å². The number of nitrogens with zero attached hydrogens (tertiary/aromatic N) is 3. The second-order valence-corrected chi connectivity index (χ2v) is 9.90. The number of esters is 1. The number of nitrogens with two attached hydrogens (primary N) is 1. The average molecular weight is 582 g/mol. The van der Waals surface area contributed by atoms with E-state index in [1.807, 2.05) is 60.7 Å². The van der Waals surface area contributed by atoms with Crippen LogP contribution in [0.25, 0.3) is 0 Å². The number of hydrogen-bond acceptors (Lipinski definition) is 10. The van der Waals surface area contributed by atoms with Gasteiger partial charge < -0.3 is 25.4 Å². The lowest BCUT2D eigenvalue weighted by atomic mass is 9.98. The summed E-state index contributed by atoms with van der Waals surface area (Å²) in [6, 6.07) is 17.4. The molecule has 1 saturated heterocycles. The van der Waals surface area contributed by atoms with Crippen LogP contribution in [0.1, 0.15) is 22.9 Å². The highest BCUT2D eigenvalue weighted by atomic mass is 35.5. The van der Waals surface area contributed by atoms with Crippen molar-refractivity contribution in [3.05, 3.63) is 94.1 Å². The van der Waals surface area contributed by atoms with Crippen molar-refractivity contribution >= 4 is 51.6 Å². The first-order valence-electron chi connectivity index (χ1n) is 12.1. The van der Waals surface area contributed by atoms with E-state index in [0.717, 1.165) is 27.4 Å². The van der Waals surface area contributed by atoms with Gasteiger partial charge in [-0.1, -0.05) is 65.8 Å². The summed E-state index contributed by atoms with van der Waals surface area (Å²) >= 11 is 7.26. The molecule has 2 aromatic carbocycles. The van der Waals surface area contributed by atoms with Gasteiger partial charge in [-0.05, 0) is 11.1 Å². The maximum absolute atomic E-state index is 13.6. The molecule has 3 heterocycles. The van der Waals surface area contributed by atoms with E-state index in [1.165, 1.54) is 12.5 Å². The highest BCUT2D eigenvalue weighted by molar-refractivity contribution is 7.13. The van der Waals surface area contributed by atoms with Gasteiger partial charge in [0.1, 0.15) is 18.5 Å². The molecule has 3 aromatic rings. The number of benzene rings is 2. The minimum absolute atomic E-state index is 0.00309. The Morgan fingerprint density at radius 2 is 1.85 bits per heavy atom. The van der Waals surface area contributed by atoms with Gasteiger partial charge in [-0.25, -0.2) is 9.78 Å². The van der Waals surface area contributed by atoms with Crippen molar-refractivity contribution in [3.63, 3.8) is 0 Å². The number of rotatable bonds is 9. The Kier molecular flexibility index (Phi) is 8.10. The summed E-state index contributed by atoms with van der Waals surface area (Å²) in [5, 5.41) is 8.10. The van der Waals surface area contributed by atoms with E-state index >= 15 is 0 Å². The molecular weight excluding hydrogens is 558 g/mol. The van der Waals surface area contributed by atoms with Gasteiger partial charge in [-0.15, -0.1) is 22.9 Å². The monoisotopic (exact) mass is 581 g/mol. The summed E-state index contributed by atoms with van der Waals surface area (Å²) in [5.41, 5.74) is 7.60. The number of fused-ring (bicyclic) bond motifs is 1. The second-order valence-electron chi connectivity index (χ2n) is 8.75. The fraction of sp³-hybridized carbons (Fsp3) is 0.222. The lowest BCUT2D eigenvalue weighted by Gasteiger charge is -2.49. The Labute approximate surface area is 238 Å². The summed E-state index contributed by atoms with van der Waals surface area (Å²) in [5.74, 6) is -2.09. The zero-order valence-electron chi connectivity index (χ0n) is 21.2. The van der Waals surface area contributed by atoms with Gasteiger partial charge in [-0.2, -0.15) is 0 Å². The number of amides is 2. The minimum atomic E-state index is -1.09. The zero-order chi connectivity index (χ0) is 28.2. The number of oxime groups is 1. The minimum Gasteiger partial charge on any atom is -0.448 e. The molecule has 0 aliphatic carbocycles. The molecule has 2 aliphatic heterocycles. The number of hydrogen-bond donors (Lipinski definition) is 2. The highest BCUT2D eigenvalue weighted by Crippen LogP contribution is 2.36. The van der Waals surface area contributed by atoms with Crippen molar-refractivity contribution in [2.24, 2.45) is 5.16 Å². The third-order valence-electron chi connectivity index (χ3n) is 6.28. The highest BCUT2D eigenvalue weighted by Gasteiger charge is 2.55. The number of β-lactam (4-membered cyclic amide) rings is 1. The Morgan fingerprint density at radius 1 is 1.20 bits per heavy atom. The van der Waals surface area contributed by atoms with Gasteiger partial charge in [0, 0.05) is 16.8 Å². The van der Waals surface area contributed by atoms with Crippen molar-refractivity contribution in [3.8, 4) is 0 Å². The van der Waals surface area contributed by atoms with Gasteiger partial charge in [0.25, 0.3) is 11.8 Å². The number of carbonyl (C=O) groups excluding carboxylic acids is 3. The topological polar surface area (TPSA) is 145 Å². The van der Waals surface area contributed by atoms with Crippen LogP contribution in [-0.2, 0) is 28.7 Å². The van der Waals surface area contributed by atoms with E-state index in [-0.39, 0.29) is 34.7 Å². The summed E-state index contributed by atoms with van der Waals surface area (Å²) in [6.45, 7) is -0.0300. The largest absolute Gasteiger partial charge is 0.448 e. The number of alkyl halides is 1. The third kappa shape index (κ3) is 5.28. The van der Waals surface area contributed by atoms with Crippen LogP contribution < -0.4 is 11.1 Å². The number of carbonyl (C=O) groups is 3. The molecule has 13 heteroatoms. The van der Waals surface area contributed by atoms with Crippen LogP contribution in [0.5, 0.6) is 0 Å². The van der Waals surface area contributed by atoms with Crippen LogP contribution >= 0.6 is 22.9 Å². The second kappa shape index (κ2) is 11.9. The Hall–Kier alpha value is -4.26. The molecular formula is C27H24ClN5O6S. The first-order valence-corrected chi connectivity index (χ1v) is 13.5. The molecule has 0 bridgehead atoms. The van der Waals surface area contributed by atoms with E-state index in [2.05, 4.69) is 15.5 Å². The first kappa shape index (κ1) is 27.3. The predicted molar refractivity (Wildman–Crippen MR) is 147 cm³/mol. The maximum atomic E-state index is 13.6. The zero-order valence-corrected chi connectivity index (χ0v) is 22.7. The van der Waals surface area contributed by atoms with E-state index in [1.54, 1.807) is 0 Å². The lowest BCUT2D eigenvalue weighted by Crippen LogP contribution is -2.73. The number of halogens is 1. The summed E-state index contributed by atoms with van der Waals surface area (Å²) in [6.07, 6.45) is -1.69. The number of anilines is 1. The van der Waals surface area contributed by atoms with Crippen LogP contribution in [0.2, 0.25) is 0 Å². The van der Waals surface area contributed by atoms with Crippen molar-refractivity contribution in [1.82, 2.24) is 15.2 Å². The average Bonchev–Trinajstić information content (AvgIpc) is 3.42. The Morgan fingerprint density at radius 3 is 2.40 bits per heavy atom. The van der Waals surface area contributed by atoms with E-state index in [4.69, 9.17) is 31.6 Å². The van der Waals surface area contributed by atoms with Gasteiger partial charge in [0.2, 0.25) is 0 Å². The molecule has 1 fully saturated rings. The number of thiazole rings is 1. The van der Waals surface area contributed by atoms with E-state index in [0.29, 0.717) is 5.57 Å². The molecule has 0 unspecified atom stereocenters. The maximum Gasteiger partial charge on any atom is 0.356 e. The molecule has 3 N–H and O–H groups in total. The summed E-state index contributed by atoms with van der Waals surface area (Å²) in [4.78, 5) is 49.9. The number of nitrogen functional groups attached to an aromatic ring is 1. The molecule has 0 radical (unpaired) electrons. The summed E-state index contributed by atoms with van der Waals surface area (Å²) in [7, 11) is 1.28. The molecule has 206 valence electrons. The summed E-state index contributed by atoms with van der Waals surface area (Å²) < 4.78 is 11.8. The quantitative estimate of drug-likeness (QED) is 0.129. The van der Waals surface area contributed by atoms with Crippen LogP contribution in [0.3, 0.4) is 0 Å². The first-order chi connectivity index (χ1) is 19.4. The standard InChI is InChI=1S/C27H24ClN5O6S/c1-37-32-19(18-14-40-27(29)30-18)23(34)31-20-24(35)33-21(17(12-28)13-38-25(20)33)26(36)39-22(15-8-4-2-5-9-15)16-10-6-3-7-11-16/h2-11,14,20,22,25H,12-13H2,1H3,(H2,29,30)(H,31,34)/t20-,25-/m1/s1. The molecule has 40 heavy (non-hydrogen) atoms. The number of nitrogens with one attached hydrogen (secondary N) is 1. The number of ether oxygens (including phenoxy) is 2. The van der Waals surface area contributed by atoms with Crippen LogP contribution in [0, 0.1) is 0 Å². The van der Waals surface area contributed by atoms with Crippen molar-refractivity contribution in [1.29, 1.82) is 0 Å². The SMILES string of the molecule is CON=C(C(=O)N[C@@H]1C(=O)N2C(C(=O)OC(c3ccccc3)c3ccccc3)=C(CCl)CO[C@H]12)c1csc(N)n1.